The van der Waals surface area contributed by atoms with Crippen LogP contribution in [0, 0.1) is 81.4 Å². The minimum absolute atomic E-state index is 0.437. The molecule has 0 fully saturated rings. The summed E-state index contributed by atoms with van der Waals surface area (Å²) < 4.78 is 257. The molecule has 6 aromatic carbocycles. The average Bonchev–Trinajstić information content (AvgIpc) is 3.32. The number of rotatable bonds is 16. The Morgan fingerprint density at radius 3 is 0.946 bits per heavy atom. The van der Waals surface area contributed by atoms with Crippen LogP contribution in [-0.2, 0) is 29.6 Å². The number of anilines is 2. The summed E-state index contributed by atoms with van der Waals surface area (Å²) in [5.74, 6) is -40.5. The van der Waals surface area contributed by atoms with Crippen LogP contribution in [0.4, 0.5) is 84.2 Å². The van der Waals surface area contributed by atoms with Crippen molar-refractivity contribution in [3.05, 3.63) is 153 Å². The quantitative estimate of drug-likeness (QED) is 0.0233. The Morgan fingerprint density at radius 2 is 0.676 bits per heavy atom. The second-order valence-corrected chi connectivity index (χ2v) is 17.7. The maximum Gasteiger partial charge on any atom is 0.322 e. The number of sulfonamides is 2. The minimum atomic E-state index is -5.84. The van der Waals surface area contributed by atoms with E-state index in [1.54, 1.807) is 10.6 Å². The van der Waals surface area contributed by atoms with Gasteiger partial charge in [-0.3, -0.25) is 28.6 Å². The fourth-order valence-corrected chi connectivity index (χ4v) is 8.73. The summed E-state index contributed by atoms with van der Waals surface area (Å²) in [7, 11) is -11.7. The lowest BCUT2D eigenvalue weighted by Crippen LogP contribution is -2.30. The Balaban J connectivity index is 1.33. The molecule has 0 spiro atoms. The van der Waals surface area contributed by atoms with Gasteiger partial charge in [0.1, 0.15) is 13.1 Å². The first-order valence-electron chi connectivity index (χ1n) is 19.2. The number of hydrogen-bond donors (Lipinski definition) is 6. The molecule has 16 nitrogen and oxygen atoms in total. The van der Waals surface area contributed by atoms with Crippen LogP contribution in [0.1, 0.15) is 20.7 Å². The third kappa shape index (κ3) is 10.9. The zero-order valence-corrected chi connectivity index (χ0v) is 37.0. The van der Waals surface area contributed by atoms with E-state index in [4.69, 9.17) is 10.2 Å². The summed E-state index contributed by atoms with van der Waals surface area (Å²) in [6, 6.07) is 5.80. The van der Waals surface area contributed by atoms with E-state index in [2.05, 4.69) is 10.2 Å². The zero-order valence-electron chi connectivity index (χ0n) is 35.4. The normalized spacial score (nSPS) is 11.7. The standard InChI is InChI=1S/C42H20F14N6O10S2/c43-19-7-15(13-1-3-23(17(5-13)41(67)57-11-25(63)64)61-73(69,70)39-33(53)29(49)27(47)30(50)34(39)54)8-20(44)37(19)59-60-38-21(45)9-16(10-22(38)46)14-2-4-24(18(6-14)42(68)58-12-26(65)66)62-74(71,72)40-35(55)31(51)28(48)32(52)36(40)56/h1-10,61-62H,11-12H2,(H,57,67)(H,58,68)(H,63,64)(H,65,66). The highest BCUT2D eigenvalue weighted by Gasteiger charge is 2.36. The lowest BCUT2D eigenvalue weighted by Gasteiger charge is -2.16. The molecule has 6 N–H and O–H groups in total. The molecule has 6 aromatic rings. The molecule has 0 heterocycles. The van der Waals surface area contributed by atoms with E-state index in [0.29, 0.717) is 48.5 Å². The third-order valence-corrected chi connectivity index (χ3v) is 12.4. The molecule has 0 unspecified atom stereocenters. The first-order chi connectivity index (χ1) is 34.5. The molecule has 0 atom stereocenters. The van der Waals surface area contributed by atoms with Gasteiger partial charge in [-0.1, -0.05) is 12.1 Å². The number of hydrogen-bond acceptors (Lipinski definition) is 10. The van der Waals surface area contributed by atoms with Gasteiger partial charge in [-0.15, -0.1) is 10.2 Å². The van der Waals surface area contributed by atoms with Crippen molar-refractivity contribution < 1.29 is 108 Å². The molecule has 2 amide bonds. The van der Waals surface area contributed by atoms with Crippen molar-refractivity contribution in [3.63, 3.8) is 0 Å². The Bertz CT molecular complexity index is 3340. The molecule has 0 saturated heterocycles. The number of azo groups is 1. The largest absolute Gasteiger partial charge is 0.480 e. The van der Waals surface area contributed by atoms with Gasteiger partial charge >= 0.3 is 11.9 Å². The second kappa shape index (κ2) is 20.8. The first kappa shape index (κ1) is 54.6. The number of halogens is 14. The Labute approximate surface area is 402 Å². The van der Waals surface area contributed by atoms with Gasteiger partial charge in [0, 0.05) is 0 Å². The smallest absolute Gasteiger partial charge is 0.322 e. The Kier molecular flexibility index (Phi) is 15.4. The number of aliphatic carboxylic acids is 2. The molecular formula is C42H20F14N6O10S2. The van der Waals surface area contributed by atoms with E-state index in [1.165, 1.54) is 9.44 Å². The molecule has 32 heteroatoms. The average molecular weight is 1100 g/mol. The number of amides is 2. The van der Waals surface area contributed by atoms with E-state index < -0.39 is 204 Å². The predicted molar refractivity (Wildman–Crippen MR) is 222 cm³/mol. The molecule has 0 bridgehead atoms. The highest BCUT2D eigenvalue weighted by Crippen LogP contribution is 2.37. The third-order valence-electron chi connectivity index (χ3n) is 9.64. The fourth-order valence-electron chi connectivity index (χ4n) is 6.29. The number of carboxylic acid groups (broad SMARTS) is 2. The SMILES string of the molecule is O=C(O)CNC(=O)c1cc(-c2cc(F)c(N=Nc3c(F)cc(-c4ccc(NS(=O)(=O)c5c(F)c(F)c(F)c(F)c5F)c(C(=O)NCC(=O)O)c4)cc3F)c(F)c2)ccc1NS(=O)(=O)c1c(F)c(F)c(F)c(F)c1F. The van der Waals surface area contributed by atoms with Crippen LogP contribution in [0.2, 0.25) is 0 Å². The van der Waals surface area contributed by atoms with Crippen LogP contribution in [0.25, 0.3) is 22.3 Å². The zero-order chi connectivity index (χ0) is 55.0. The van der Waals surface area contributed by atoms with E-state index in [1.807, 2.05) is 0 Å². The van der Waals surface area contributed by atoms with Crippen LogP contribution in [-0.4, -0.2) is 63.9 Å². The molecule has 0 radical (unpaired) electrons. The van der Waals surface area contributed by atoms with Crippen molar-refractivity contribution in [2.45, 2.75) is 9.79 Å². The van der Waals surface area contributed by atoms with Gasteiger partial charge in [-0.25, -0.2) is 78.3 Å². The van der Waals surface area contributed by atoms with Crippen LogP contribution in [0.15, 0.2) is 80.7 Å². The van der Waals surface area contributed by atoms with Gasteiger partial charge < -0.3 is 20.8 Å². The van der Waals surface area contributed by atoms with Gasteiger partial charge in [-0.2, -0.15) is 0 Å². The molecule has 6 rings (SSSR count). The van der Waals surface area contributed by atoms with Crippen LogP contribution in [0.3, 0.4) is 0 Å². The number of nitrogens with zero attached hydrogens (tertiary/aromatic N) is 2. The maximum atomic E-state index is 15.5. The van der Waals surface area contributed by atoms with Crippen LogP contribution >= 0.6 is 0 Å². The van der Waals surface area contributed by atoms with Crippen molar-refractivity contribution >= 4 is 66.5 Å². The number of nitrogens with one attached hydrogen (secondary N) is 4. The van der Waals surface area contributed by atoms with Crippen molar-refractivity contribution in [2.75, 3.05) is 22.5 Å². The Morgan fingerprint density at radius 1 is 0.405 bits per heavy atom. The highest BCUT2D eigenvalue weighted by molar-refractivity contribution is 7.93. The number of benzene rings is 6. The summed E-state index contributed by atoms with van der Waals surface area (Å²) in [6.45, 7) is -2.33. The van der Waals surface area contributed by atoms with Gasteiger partial charge in [-0.05, 0) is 70.8 Å². The van der Waals surface area contributed by atoms with Gasteiger partial charge in [0.15, 0.2) is 91.0 Å². The van der Waals surface area contributed by atoms with Gasteiger partial charge in [0.2, 0.25) is 11.6 Å². The van der Waals surface area contributed by atoms with Crippen molar-refractivity contribution in [2.24, 2.45) is 10.2 Å². The summed E-state index contributed by atoms with van der Waals surface area (Å²) in [5.41, 5.74) is -8.68. The van der Waals surface area contributed by atoms with E-state index in [0.717, 1.165) is 12.1 Å². The Hall–Kier alpha value is -8.68. The molecule has 0 aliphatic heterocycles. The van der Waals surface area contributed by atoms with E-state index >= 15 is 17.6 Å². The second-order valence-electron chi connectivity index (χ2n) is 14.5. The number of carbonyl (C=O) groups is 4. The van der Waals surface area contributed by atoms with Crippen LogP contribution in [0.5, 0.6) is 0 Å². The highest BCUT2D eigenvalue weighted by atomic mass is 32.2. The van der Waals surface area contributed by atoms with Gasteiger partial charge in [0.25, 0.3) is 31.9 Å². The molecule has 0 aliphatic carbocycles. The molecular weight excluding hydrogens is 1080 g/mol. The van der Waals surface area contributed by atoms with Crippen molar-refractivity contribution in [1.29, 1.82) is 0 Å². The summed E-state index contributed by atoms with van der Waals surface area (Å²) in [5, 5.41) is 27.9. The van der Waals surface area contributed by atoms with Crippen molar-refractivity contribution in [3.8, 4) is 22.3 Å². The lowest BCUT2D eigenvalue weighted by atomic mass is 10.0. The number of carboxylic acids is 2. The topological polar surface area (TPSA) is 250 Å². The monoisotopic (exact) mass is 1100 g/mol. The maximum absolute atomic E-state index is 15.5. The molecule has 0 saturated carbocycles. The fraction of sp³-hybridized carbons (Fsp3) is 0.0476. The summed E-state index contributed by atoms with van der Waals surface area (Å²) in [4.78, 5) is 43.4. The lowest BCUT2D eigenvalue weighted by molar-refractivity contribution is -0.136. The van der Waals surface area contributed by atoms with E-state index in [9.17, 15) is 79.9 Å². The van der Waals surface area contributed by atoms with E-state index in [-0.39, 0.29) is 0 Å². The molecule has 74 heavy (non-hydrogen) atoms. The molecule has 0 aliphatic rings. The van der Waals surface area contributed by atoms with Crippen molar-refractivity contribution in [1.82, 2.24) is 10.6 Å². The first-order valence-corrected chi connectivity index (χ1v) is 22.2. The van der Waals surface area contributed by atoms with Gasteiger partial charge in [0.05, 0.1) is 22.5 Å². The molecule has 388 valence electrons. The predicted octanol–water partition coefficient (Wildman–Crippen LogP) is 8.61. The number of carbonyl (C=O) groups excluding carboxylic acids is 2. The molecule has 0 aromatic heterocycles. The summed E-state index contributed by atoms with van der Waals surface area (Å²) >= 11 is 0. The minimum Gasteiger partial charge on any atom is -0.480 e. The van der Waals surface area contributed by atoms with Crippen LogP contribution < -0.4 is 20.1 Å². The summed E-state index contributed by atoms with van der Waals surface area (Å²) in [6.07, 6.45) is 0.